The van der Waals surface area contributed by atoms with Gasteiger partial charge in [0.1, 0.15) is 11.6 Å². The van der Waals surface area contributed by atoms with Crippen LogP contribution in [0, 0.1) is 13.8 Å². The molecular formula is C22H24N4O. The first-order valence-electron chi connectivity index (χ1n) is 9.19. The van der Waals surface area contributed by atoms with E-state index in [2.05, 4.69) is 53.3 Å². The minimum atomic E-state index is 0.359. The highest BCUT2D eigenvalue weighted by molar-refractivity contribution is 5.70. The van der Waals surface area contributed by atoms with Gasteiger partial charge in [-0.15, -0.1) is 0 Å². The Morgan fingerprint density at radius 1 is 1.07 bits per heavy atom. The number of rotatable bonds is 4. The Labute approximate surface area is 160 Å². The SMILES string of the molecule is COc1ccc(C)cc1Nc1nc(C)cc(N2c3ccccc3CC2C)n1. The number of aryl methyl sites for hydroxylation is 2. The van der Waals surface area contributed by atoms with E-state index in [0.717, 1.165) is 34.9 Å². The molecule has 0 bridgehead atoms. The number of aromatic nitrogens is 2. The zero-order valence-electron chi connectivity index (χ0n) is 16.2. The van der Waals surface area contributed by atoms with E-state index in [0.29, 0.717) is 12.0 Å². The minimum absolute atomic E-state index is 0.359. The Morgan fingerprint density at radius 2 is 1.89 bits per heavy atom. The predicted octanol–water partition coefficient (Wildman–Crippen LogP) is 4.93. The molecule has 0 saturated heterocycles. The molecule has 5 nitrogen and oxygen atoms in total. The molecule has 1 aliphatic heterocycles. The van der Waals surface area contributed by atoms with E-state index in [1.54, 1.807) is 7.11 Å². The van der Waals surface area contributed by atoms with Gasteiger partial charge >= 0.3 is 0 Å². The highest BCUT2D eigenvalue weighted by Gasteiger charge is 2.28. The zero-order chi connectivity index (χ0) is 19.0. The molecule has 1 N–H and O–H groups in total. The number of benzene rings is 2. The van der Waals surface area contributed by atoms with Gasteiger partial charge in [-0.1, -0.05) is 24.3 Å². The third-order valence-electron chi connectivity index (χ3n) is 4.90. The van der Waals surface area contributed by atoms with E-state index in [1.165, 1.54) is 11.3 Å². The first kappa shape index (κ1) is 17.3. The third-order valence-corrected chi connectivity index (χ3v) is 4.90. The number of fused-ring (bicyclic) bond motifs is 1. The van der Waals surface area contributed by atoms with Crippen molar-refractivity contribution in [3.8, 4) is 5.75 Å². The molecule has 138 valence electrons. The summed E-state index contributed by atoms with van der Waals surface area (Å²) in [6.45, 7) is 6.28. The fourth-order valence-electron chi connectivity index (χ4n) is 3.69. The smallest absolute Gasteiger partial charge is 0.229 e. The fourth-order valence-corrected chi connectivity index (χ4v) is 3.69. The van der Waals surface area contributed by atoms with Crippen molar-refractivity contribution in [1.29, 1.82) is 0 Å². The molecule has 1 unspecified atom stereocenters. The van der Waals surface area contributed by atoms with Crippen LogP contribution in [0.3, 0.4) is 0 Å². The van der Waals surface area contributed by atoms with Gasteiger partial charge in [0, 0.05) is 23.5 Å². The lowest BCUT2D eigenvalue weighted by molar-refractivity contribution is 0.416. The van der Waals surface area contributed by atoms with Gasteiger partial charge in [-0.2, -0.15) is 4.98 Å². The van der Waals surface area contributed by atoms with Crippen LogP contribution in [0.4, 0.5) is 23.1 Å². The molecule has 0 fully saturated rings. The maximum absolute atomic E-state index is 5.47. The van der Waals surface area contributed by atoms with Gasteiger partial charge in [-0.3, -0.25) is 0 Å². The lowest BCUT2D eigenvalue weighted by Crippen LogP contribution is -2.25. The summed E-state index contributed by atoms with van der Waals surface area (Å²) in [6, 6.07) is 16.9. The second kappa shape index (κ2) is 6.91. The summed E-state index contributed by atoms with van der Waals surface area (Å²) in [5.41, 5.74) is 5.52. The van der Waals surface area contributed by atoms with E-state index in [9.17, 15) is 0 Å². The van der Waals surface area contributed by atoms with E-state index in [4.69, 9.17) is 9.72 Å². The second-order valence-corrected chi connectivity index (χ2v) is 7.07. The number of hydrogen-bond acceptors (Lipinski definition) is 5. The Bertz CT molecular complexity index is 986. The molecule has 5 heteroatoms. The van der Waals surface area contributed by atoms with Crippen LogP contribution in [0.5, 0.6) is 5.75 Å². The summed E-state index contributed by atoms with van der Waals surface area (Å²) in [7, 11) is 1.67. The normalized spacial score (nSPS) is 15.6. The first-order valence-corrected chi connectivity index (χ1v) is 9.19. The van der Waals surface area contributed by atoms with Gasteiger partial charge in [-0.25, -0.2) is 4.98 Å². The van der Waals surface area contributed by atoms with Crippen molar-refractivity contribution in [1.82, 2.24) is 9.97 Å². The van der Waals surface area contributed by atoms with Gasteiger partial charge in [0.15, 0.2) is 0 Å². The molecule has 1 aliphatic rings. The predicted molar refractivity (Wildman–Crippen MR) is 110 cm³/mol. The Kier molecular flexibility index (Phi) is 4.44. The number of hydrogen-bond donors (Lipinski definition) is 1. The number of nitrogens with zero attached hydrogens (tertiary/aromatic N) is 3. The average Bonchev–Trinajstić information content (AvgIpc) is 2.97. The van der Waals surface area contributed by atoms with Crippen LogP contribution in [0.15, 0.2) is 48.5 Å². The third kappa shape index (κ3) is 3.33. The molecule has 0 radical (unpaired) electrons. The van der Waals surface area contributed by atoms with Gasteiger partial charge in [0.05, 0.1) is 12.8 Å². The van der Waals surface area contributed by atoms with E-state index in [1.807, 2.05) is 31.2 Å². The number of ether oxygens (including phenoxy) is 1. The summed E-state index contributed by atoms with van der Waals surface area (Å²) in [5, 5.41) is 3.33. The van der Waals surface area contributed by atoms with Crippen LogP contribution in [0.2, 0.25) is 0 Å². The zero-order valence-corrected chi connectivity index (χ0v) is 16.2. The average molecular weight is 360 g/mol. The van der Waals surface area contributed by atoms with E-state index >= 15 is 0 Å². The number of nitrogens with one attached hydrogen (secondary N) is 1. The van der Waals surface area contributed by atoms with Gasteiger partial charge in [0.25, 0.3) is 0 Å². The Hall–Kier alpha value is -3.08. The van der Waals surface area contributed by atoms with Crippen LogP contribution in [-0.2, 0) is 6.42 Å². The molecule has 4 rings (SSSR count). The van der Waals surface area contributed by atoms with Crippen molar-refractivity contribution in [3.05, 3.63) is 65.4 Å². The standard InChI is InChI=1S/C22H24N4O/c1-14-9-10-20(27-4)18(11-14)24-22-23-15(2)12-21(25-22)26-16(3)13-17-7-5-6-8-19(17)26/h5-12,16H,13H2,1-4H3,(H,23,24,25). The lowest BCUT2D eigenvalue weighted by Gasteiger charge is -2.24. The molecule has 0 aliphatic carbocycles. The molecule has 0 spiro atoms. The van der Waals surface area contributed by atoms with Crippen molar-refractivity contribution in [2.75, 3.05) is 17.3 Å². The Balaban J connectivity index is 1.72. The van der Waals surface area contributed by atoms with Crippen LogP contribution in [0.25, 0.3) is 0 Å². The van der Waals surface area contributed by atoms with Crippen molar-refractivity contribution in [3.63, 3.8) is 0 Å². The molecule has 1 atom stereocenters. The highest BCUT2D eigenvalue weighted by atomic mass is 16.5. The fraction of sp³-hybridized carbons (Fsp3) is 0.273. The van der Waals surface area contributed by atoms with Crippen LogP contribution in [0.1, 0.15) is 23.7 Å². The van der Waals surface area contributed by atoms with Gasteiger partial charge in [-0.05, 0) is 56.5 Å². The van der Waals surface area contributed by atoms with Crippen molar-refractivity contribution < 1.29 is 4.74 Å². The molecule has 1 aromatic heterocycles. The number of anilines is 4. The molecular weight excluding hydrogens is 336 g/mol. The first-order chi connectivity index (χ1) is 13.0. The summed E-state index contributed by atoms with van der Waals surface area (Å²) in [4.78, 5) is 11.7. The van der Waals surface area contributed by atoms with E-state index < -0.39 is 0 Å². The van der Waals surface area contributed by atoms with Crippen LogP contribution >= 0.6 is 0 Å². The lowest BCUT2D eigenvalue weighted by atomic mass is 10.1. The van der Waals surface area contributed by atoms with Crippen molar-refractivity contribution >= 4 is 23.1 Å². The van der Waals surface area contributed by atoms with Crippen molar-refractivity contribution in [2.24, 2.45) is 0 Å². The molecule has 2 aromatic carbocycles. The molecule has 2 heterocycles. The van der Waals surface area contributed by atoms with Crippen LogP contribution in [-0.4, -0.2) is 23.1 Å². The number of para-hydroxylation sites is 1. The van der Waals surface area contributed by atoms with Gasteiger partial charge in [0.2, 0.25) is 5.95 Å². The number of methoxy groups -OCH3 is 1. The van der Waals surface area contributed by atoms with E-state index in [-0.39, 0.29) is 0 Å². The maximum atomic E-state index is 5.47. The quantitative estimate of drug-likeness (QED) is 0.715. The topological polar surface area (TPSA) is 50.3 Å². The summed E-state index contributed by atoms with van der Waals surface area (Å²) in [6.07, 6.45) is 1.02. The van der Waals surface area contributed by atoms with Gasteiger partial charge < -0.3 is 15.0 Å². The summed E-state index contributed by atoms with van der Waals surface area (Å²) >= 11 is 0. The monoisotopic (exact) mass is 360 g/mol. The molecule has 0 amide bonds. The highest BCUT2D eigenvalue weighted by Crippen LogP contribution is 2.38. The molecule has 3 aromatic rings. The molecule has 27 heavy (non-hydrogen) atoms. The van der Waals surface area contributed by atoms with Crippen molar-refractivity contribution in [2.45, 2.75) is 33.2 Å². The largest absolute Gasteiger partial charge is 0.495 e. The maximum Gasteiger partial charge on any atom is 0.229 e. The minimum Gasteiger partial charge on any atom is -0.495 e. The molecule has 0 saturated carbocycles. The summed E-state index contributed by atoms with van der Waals surface area (Å²) in [5.74, 6) is 2.26. The summed E-state index contributed by atoms with van der Waals surface area (Å²) < 4.78 is 5.47. The second-order valence-electron chi connectivity index (χ2n) is 7.07. The van der Waals surface area contributed by atoms with Crippen LogP contribution < -0.4 is 15.0 Å². The Morgan fingerprint density at radius 3 is 2.70 bits per heavy atom.